The molecule has 0 aliphatic carbocycles. The second-order valence-electron chi connectivity index (χ2n) is 9.26. The summed E-state index contributed by atoms with van der Waals surface area (Å²) in [4.78, 5) is 22.7. The van der Waals surface area contributed by atoms with Gasteiger partial charge >= 0.3 is 0 Å². The molecular weight excluding hydrogens is 534 g/mol. The van der Waals surface area contributed by atoms with Crippen molar-refractivity contribution >= 4 is 44.6 Å². The van der Waals surface area contributed by atoms with E-state index in [0.717, 1.165) is 45.8 Å². The van der Waals surface area contributed by atoms with Crippen molar-refractivity contribution in [2.75, 3.05) is 24.1 Å². The third-order valence-corrected chi connectivity index (χ3v) is 7.91. The van der Waals surface area contributed by atoms with E-state index in [9.17, 15) is 13.2 Å². The maximum Gasteiger partial charge on any atom is 0.277 e. The first-order valence-electron chi connectivity index (χ1n) is 11.9. The number of hydrogen-bond acceptors (Lipinski definition) is 8. The Morgan fingerprint density at radius 1 is 1.27 bits per heavy atom. The fourth-order valence-corrected chi connectivity index (χ4v) is 5.94. The molecule has 0 fully saturated rings. The van der Waals surface area contributed by atoms with Crippen LogP contribution in [0.5, 0.6) is 5.75 Å². The average Bonchev–Trinajstić information content (AvgIpc) is 3.16. The van der Waals surface area contributed by atoms with Crippen LogP contribution in [0.2, 0.25) is 5.15 Å². The van der Waals surface area contributed by atoms with Crippen LogP contribution in [0.3, 0.4) is 0 Å². The number of nitrogens with one attached hydrogen (secondary N) is 2. The van der Waals surface area contributed by atoms with Gasteiger partial charge in [-0.1, -0.05) is 32.4 Å². The predicted octanol–water partition coefficient (Wildman–Crippen LogP) is 4.76. The van der Waals surface area contributed by atoms with Crippen molar-refractivity contribution in [3.63, 3.8) is 0 Å². The highest BCUT2D eigenvalue weighted by atomic mass is 35.5. The molecular formula is C25H30ClN5O4S2. The molecule has 4 rings (SSSR count). The zero-order chi connectivity index (χ0) is 26.9. The second-order valence-corrected chi connectivity index (χ2v) is 12.4. The van der Waals surface area contributed by atoms with Gasteiger partial charge in [0.25, 0.3) is 5.91 Å². The molecule has 1 aliphatic heterocycles. The van der Waals surface area contributed by atoms with E-state index >= 15 is 0 Å². The molecule has 37 heavy (non-hydrogen) atoms. The van der Waals surface area contributed by atoms with Crippen molar-refractivity contribution in [2.24, 2.45) is 0 Å². The molecule has 0 spiro atoms. The number of hydrogen-bond donors (Lipinski definition) is 2. The Kier molecular flexibility index (Phi) is 8.08. The first kappa shape index (κ1) is 27.3. The molecule has 0 radical (unpaired) electrons. The second kappa shape index (κ2) is 10.9. The van der Waals surface area contributed by atoms with E-state index in [1.165, 1.54) is 11.3 Å². The Morgan fingerprint density at radius 3 is 2.70 bits per heavy atom. The molecule has 0 saturated heterocycles. The number of ether oxygens (including phenoxy) is 1. The molecule has 3 heterocycles. The minimum atomic E-state index is -3.52. The Hall–Kier alpha value is -2.73. The van der Waals surface area contributed by atoms with Crippen molar-refractivity contribution in [1.82, 2.24) is 20.4 Å². The summed E-state index contributed by atoms with van der Waals surface area (Å²) in [6.07, 6.45) is 3.43. The van der Waals surface area contributed by atoms with Gasteiger partial charge in [-0.05, 0) is 48.6 Å². The van der Waals surface area contributed by atoms with Gasteiger partial charge in [0.15, 0.2) is 5.15 Å². The number of sulfonamides is 1. The molecule has 12 heteroatoms. The van der Waals surface area contributed by atoms with E-state index in [2.05, 4.69) is 20.1 Å². The minimum Gasteiger partial charge on any atom is -0.492 e. The number of nitrogens with zero attached hydrogens (tertiary/aromatic N) is 3. The smallest absolute Gasteiger partial charge is 0.277 e. The summed E-state index contributed by atoms with van der Waals surface area (Å²) in [7, 11) is -3.52. The molecule has 2 N–H and O–H groups in total. The van der Waals surface area contributed by atoms with Crippen molar-refractivity contribution in [3.05, 3.63) is 56.3 Å². The topological polar surface area (TPSA) is 114 Å². The lowest BCUT2D eigenvalue weighted by Gasteiger charge is -2.21. The minimum absolute atomic E-state index is 0.0629. The average molecular weight is 564 g/mol. The third-order valence-electron chi connectivity index (χ3n) is 5.80. The number of carbonyl (C=O) groups is 1. The molecule has 198 valence electrons. The van der Waals surface area contributed by atoms with Gasteiger partial charge < -0.3 is 4.74 Å². The van der Waals surface area contributed by atoms with Gasteiger partial charge in [0.2, 0.25) is 10.0 Å². The fraction of sp³-hybridized carbons (Fsp3) is 0.400. The summed E-state index contributed by atoms with van der Waals surface area (Å²) >= 11 is 7.55. The van der Waals surface area contributed by atoms with Crippen LogP contribution in [-0.4, -0.2) is 48.7 Å². The van der Waals surface area contributed by atoms with E-state index in [1.54, 1.807) is 12.3 Å². The summed E-state index contributed by atoms with van der Waals surface area (Å²) in [5.41, 5.74) is 7.40. The maximum atomic E-state index is 13.2. The summed E-state index contributed by atoms with van der Waals surface area (Å²) in [6.45, 7) is 9.41. The number of rotatable bonds is 7. The van der Waals surface area contributed by atoms with Gasteiger partial charge in [0.05, 0.1) is 29.2 Å². The van der Waals surface area contributed by atoms with Crippen LogP contribution in [0.15, 0.2) is 24.4 Å². The van der Waals surface area contributed by atoms with E-state index in [1.807, 2.05) is 44.8 Å². The molecule has 0 unspecified atom stereocenters. The molecule has 1 aliphatic rings. The molecule has 2 aromatic heterocycles. The van der Waals surface area contributed by atoms with Crippen LogP contribution in [0.4, 0.5) is 5.69 Å². The number of fused-ring (bicyclic) bond motifs is 1. The van der Waals surface area contributed by atoms with Crippen LogP contribution in [-0.2, 0) is 23.0 Å². The number of carbonyl (C=O) groups excluding carboxylic acids is 1. The molecule has 3 aromatic rings. The summed E-state index contributed by atoms with van der Waals surface area (Å²) < 4.78 is 31.9. The van der Waals surface area contributed by atoms with Gasteiger partial charge in [-0.3, -0.25) is 14.9 Å². The highest BCUT2D eigenvalue weighted by molar-refractivity contribution is 7.92. The number of aromatic nitrogens is 2. The van der Waals surface area contributed by atoms with Gasteiger partial charge in [-0.15, -0.1) is 11.3 Å². The third kappa shape index (κ3) is 6.40. The van der Waals surface area contributed by atoms with Gasteiger partial charge in [0, 0.05) is 23.9 Å². The van der Waals surface area contributed by atoms with Crippen LogP contribution in [0, 0.1) is 6.92 Å². The number of hydrazine groups is 1. The van der Waals surface area contributed by atoms with Crippen molar-refractivity contribution in [3.8, 4) is 16.9 Å². The first-order chi connectivity index (χ1) is 17.4. The Morgan fingerprint density at radius 2 is 2.03 bits per heavy atom. The van der Waals surface area contributed by atoms with Crippen molar-refractivity contribution in [1.29, 1.82) is 0 Å². The standard InChI is InChI=1S/C25H30ClN5O4S2/c1-6-20-28-21(14(2)3)23(36-20)25(32)29-31-7-8-35-22-15(4)9-16(10-18(22)13-31)17-11-19(24(26)27-12-17)30-37(5,33)34/h9-12,14,30H,6-8,13H2,1-5H3,(H,29,32). The zero-order valence-corrected chi connectivity index (χ0v) is 23.8. The first-order valence-corrected chi connectivity index (χ1v) is 15.0. The maximum absolute atomic E-state index is 13.2. The van der Waals surface area contributed by atoms with Crippen LogP contribution >= 0.6 is 22.9 Å². The normalized spacial score (nSPS) is 14.1. The zero-order valence-electron chi connectivity index (χ0n) is 21.4. The number of thiazole rings is 1. The number of anilines is 1. The van der Waals surface area contributed by atoms with Crippen LogP contribution < -0.4 is 14.9 Å². The lowest BCUT2D eigenvalue weighted by Crippen LogP contribution is -2.42. The highest BCUT2D eigenvalue weighted by Gasteiger charge is 2.24. The SMILES string of the molecule is CCc1nc(C(C)C)c(C(=O)NN2CCOc3c(C)cc(-c4cnc(Cl)c(NS(C)(=O)=O)c4)cc3C2)s1. The van der Waals surface area contributed by atoms with E-state index in [4.69, 9.17) is 16.3 Å². The Balaban J connectivity index is 1.62. The number of halogens is 1. The molecule has 0 bridgehead atoms. The molecule has 9 nitrogen and oxygen atoms in total. The largest absolute Gasteiger partial charge is 0.492 e. The number of benzene rings is 1. The van der Waals surface area contributed by atoms with Gasteiger partial charge in [-0.25, -0.2) is 23.4 Å². The molecule has 1 amide bonds. The lowest BCUT2D eigenvalue weighted by atomic mass is 10.00. The fourth-order valence-electron chi connectivity index (χ4n) is 4.13. The van der Waals surface area contributed by atoms with E-state index < -0.39 is 10.0 Å². The molecule has 0 atom stereocenters. The quantitative estimate of drug-likeness (QED) is 0.398. The summed E-state index contributed by atoms with van der Waals surface area (Å²) in [5.74, 6) is 0.743. The van der Waals surface area contributed by atoms with Gasteiger partial charge in [-0.2, -0.15) is 0 Å². The van der Waals surface area contributed by atoms with Crippen LogP contribution in [0.1, 0.15) is 58.2 Å². The number of pyridine rings is 1. The summed E-state index contributed by atoms with van der Waals surface area (Å²) in [5, 5.41) is 2.86. The summed E-state index contributed by atoms with van der Waals surface area (Å²) in [6, 6.07) is 5.57. The number of aryl methyl sites for hydroxylation is 2. The Bertz CT molecular complexity index is 1440. The van der Waals surface area contributed by atoms with Crippen molar-refractivity contribution < 1.29 is 17.9 Å². The van der Waals surface area contributed by atoms with Crippen molar-refractivity contribution in [2.45, 2.75) is 46.6 Å². The van der Waals surface area contributed by atoms with E-state index in [0.29, 0.717) is 30.1 Å². The van der Waals surface area contributed by atoms with E-state index in [-0.39, 0.29) is 22.7 Å². The highest BCUT2D eigenvalue weighted by Crippen LogP contribution is 2.34. The van der Waals surface area contributed by atoms with Gasteiger partial charge in [0.1, 0.15) is 17.2 Å². The lowest BCUT2D eigenvalue weighted by molar-refractivity contribution is 0.0766. The molecule has 0 saturated carbocycles. The predicted molar refractivity (Wildman–Crippen MR) is 147 cm³/mol. The Labute approximate surface area is 226 Å². The monoisotopic (exact) mass is 563 g/mol. The van der Waals surface area contributed by atoms with Crippen LogP contribution in [0.25, 0.3) is 11.1 Å². The molecule has 1 aromatic carbocycles. The number of amides is 1.